The van der Waals surface area contributed by atoms with Crippen molar-refractivity contribution in [2.24, 2.45) is 5.73 Å². The third-order valence-electron chi connectivity index (χ3n) is 3.05. The van der Waals surface area contributed by atoms with Gasteiger partial charge in [0.1, 0.15) is 11.6 Å². The maximum absolute atomic E-state index is 11.1. The average molecular weight is 346 g/mol. The molecule has 0 saturated carbocycles. The standard InChI is InChI=1S/C16H12ClN3O2S/c17-12-3-1-10(2-4-12)13-9-23-15(20-13)8-22-14-7-11(16(18)21)5-6-19-14/h1-7,9H,8H2,(H2,18,21). The van der Waals surface area contributed by atoms with Crippen molar-refractivity contribution in [3.63, 3.8) is 0 Å². The van der Waals surface area contributed by atoms with Crippen LogP contribution in [0.3, 0.4) is 0 Å². The fraction of sp³-hybridized carbons (Fsp3) is 0.0625. The van der Waals surface area contributed by atoms with Crippen molar-refractivity contribution in [2.45, 2.75) is 6.61 Å². The minimum atomic E-state index is -0.517. The van der Waals surface area contributed by atoms with Gasteiger partial charge in [-0.1, -0.05) is 23.7 Å². The van der Waals surface area contributed by atoms with Crippen LogP contribution in [0, 0.1) is 0 Å². The number of amides is 1. The number of carbonyl (C=O) groups is 1. The van der Waals surface area contributed by atoms with E-state index in [9.17, 15) is 4.79 Å². The zero-order valence-corrected chi connectivity index (χ0v) is 13.5. The zero-order valence-electron chi connectivity index (χ0n) is 11.9. The summed E-state index contributed by atoms with van der Waals surface area (Å²) in [6, 6.07) is 10.5. The molecule has 116 valence electrons. The molecule has 0 aliphatic carbocycles. The van der Waals surface area contributed by atoms with Crippen LogP contribution in [-0.2, 0) is 6.61 Å². The van der Waals surface area contributed by atoms with Crippen LogP contribution < -0.4 is 10.5 Å². The normalized spacial score (nSPS) is 10.5. The van der Waals surface area contributed by atoms with Gasteiger partial charge in [-0.2, -0.15) is 0 Å². The lowest BCUT2D eigenvalue weighted by Gasteiger charge is -2.03. The molecule has 0 unspecified atom stereocenters. The molecule has 0 aliphatic heterocycles. The highest BCUT2D eigenvalue weighted by Crippen LogP contribution is 2.24. The second kappa shape index (κ2) is 6.76. The van der Waals surface area contributed by atoms with Gasteiger partial charge in [0.2, 0.25) is 11.8 Å². The Labute approximate surface area is 141 Å². The molecular weight excluding hydrogens is 334 g/mol. The first-order valence-electron chi connectivity index (χ1n) is 6.71. The highest BCUT2D eigenvalue weighted by Gasteiger charge is 2.07. The lowest BCUT2D eigenvalue weighted by atomic mass is 10.2. The monoisotopic (exact) mass is 345 g/mol. The van der Waals surface area contributed by atoms with Gasteiger partial charge in [0.15, 0.2) is 0 Å². The predicted octanol–water partition coefficient (Wildman–Crippen LogP) is 3.54. The van der Waals surface area contributed by atoms with Crippen molar-refractivity contribution in [1.82, 2.24) is 9.97 Å². The summed E-state index contributed by atoms with van der Waals surface area (Å²) in [6.45, 7) is 0.271. The second-order valence-electron chi connectivity index (χ2n) is 4.67. The molecule has 0 fully saturated rings. The van der Waals surface area contributed by atoms with Crippen molar-refractivity contribution in [3.8, 4) is 17.1 Å². The minimum Gasteiger partial charge on any atom is -0.470 e. The maximum Gasteiger partial charge on any atom is 0.248 e. The largest absolute Gasteiger partial charge is 0.470 e. The fourth-order valence-electron chi connectivity index (χ4n) is 1.91. The Morgan fingerprint density at radius 1 is 1.26 bits per heavy atom. The third kappa shape index (κ3) is 3.85. The van der Waals surface area contributed by atoms with E-state index in [1.807, 2.05) is 29.6 Å². The summed E-state index contributed by atoms with van der Waals surface area (Å²) >= 11 is 7.37. The summed E-state index contributed by atoms with van der Waals surface area (Å²) < 4.78 is 5.56. The Morgan fingerprint density at radius 2 is 2.04 bits per heavy atom. The van der Waals surface area contributed by atoms with E-state index in [0.29, 0.717) is 16.5 Å². The molecule has 2 N–H and O–H groups in total. The van der Waals surface area contributed by atoms with Crippen molar-refractivity contribution in [1.29, 1.82) is 0 Å². The van der Waals surface area contributed by atoms with Crippen LogP contribution >= 0.6 is 22.9 Å². The summed E-state index contributed by atoms with van der Waals surface area (Å²) in [7, 11) is 0. The molecule has 0 aliphatic rings. The number of nitrogens with zero attached hydrogens (tertiary/aromatic N) is 2. The van der Waals surface area contributed by atoms with E-state index in [0.717, 1.165) is 16.3 Å². The zero-order chi connectivity index (χ0) is 16.2. The highest BCUT2D eigenvalue weighted by atomic mass is 35.5. The number of nitrogens with two attached hydrogens (primary N) is 1. The molecule has 3 rings (SSSR count). The van der Waals surface area contributed by atoms with Gasteiger partial charge in [0, 0.05) is 33.8 Å². The van der Waals surface area contributed by atoms with Crippen LogP contribution in [0.5, 0.6) is 5.88 Å². The Kier molecular flexibility index (Phi) is 4.55. The smallest absolute Gasteiger partial charge is 0.248 e. The average Bonchev–Trinajstić information content (AvgIpc) is 3.03. The number of ether oxygens (including phenoxy) is 1. The quantitative estimate of drug-likeness (QED) is 0.767. The van der Waals surface area contributed by atoms with E-state index >= 15 is 0 Å². The Balaban J connectivity index is 1.69. The van der Waals surface area contributed by atoms with Gasteiger partial charge in [0.25, 0.3) is 0 Å². The lowest BCUT2D eigenvalue weighted by molar-refractivity contribution is 0.0999. The molecule has 7 heteroatoms. The van der Waals surface area contributed by atoms with Crippen molar-refractivity contribution >= 4 is 28.8 Å². The first-order chi connectivity index (χ1) is 11.1. The third-order valence-corrected chi connectivity index (χ3v) is 4.13. The number of hydrogen-bond donors (Lipinski definition) is 1. The van der Waals surface area contributed by atoms with E-state index in [4.69, 9.17) is 22.1 Å². The van der Waals surface area contributed by atoms with Crippen LogP contribution in [0.15, 0.2) is 48.0 Å². The van der Waals surface area contributed by atoms with Crippen molar-refractivity contribution < 1.29 is 9.53 Å². The van der Waals surface area contributed by atoms with E-state index in [2.05, 4.69) is 9.97 Å². The molecule has 0 bridgehead atoms. The SMILES string of the molecule is NC(=O)c1ccnc(OCc2nc(-c3ccc(Cl)cc3)cs2)c1. The summed E-state index contributed by atoms with van der Waals surface area (Å²) in [5.41, 5.74) is 7.44. The molecule has 3 aromatic rings. The summed E-state index contributed by atoms with van der Waals surface area (Å²) in [6.07, 6.45) is 1.48. The maximum atomic E-state index is 11.1. The van der Waals surface area contributed by atoms with Crippen LogP contribution in [0.1, 0.15) is 15.4 Å². The molecule has 0 atom stereocenters. The molecule has 1 aromatic carbocycles. The van der Waals surface area contributed by atoms with Gasteiger partial charge in [-0.25, -0.2) is 9.97 Å². The van der Waals surface area contributed by atoms with E-state index in [-0.39, 0.29) is 6.61 Å². The first-order valence-corrected chi connectivity index (χ1v) is 7.96. The topological polar surface area (TPSA) is 78.1 Å². The molecule has 5 nitrogen and oxygen atoms in total. The molecule has 2 aromatic heterocycles. The highest BCUT2D eigenvalue weighted by molar-refractivity contribution is 7.09. The van der Waals surface area contributed by atoms with E-state index in [1.54, 1.807) is 0 Å². The molecule has 1 amide bonds. The molecule has 0 spiro atoms. The van der Waals surface area contributed by atoms with Crippen LogP contribution in [-0.4, -0.2) is 15.9 Å². The number of primary amides is 1. The molecule has 0 radical (unpaired) electrons. The predicted molar refractivity (Wildman–Crippen MR) is 89.6 cm³/mol. The van der Waals surface area contributed by atoms with Crippen LogP contribution in [0.2, 0.25) is 5.02 Å². The Hall–Kier alpha value is -2.44. The van der Waals surface area contributed by atoms with Crippen LogP contribution in [0.25, 0.3) is 11.3 Å². The number of pyridine rings is 1. The number of rotatable bonds is 5. The summed E-state index contributed by atoms with van der Waals surface area (Å²) in [4.78, 5) is 19.7. The first kappa shape index (κ1) is 15.5. The fourth-order valence-corrected chi connectivity index (χ4v) is 2.75. The summed E-state index contributed by atoms with van der Waals surface area (Å²) in [5.74, 6) is -0.180. The number of carbonyl (C=O) groups excluding carboxylic acids is 1. The van der Waals surface area contributed by atoms with E-state index in [1.165, 1.54) is 29.7 Å². The van der Waals surface area contributed by atoms with Gasteiger partial charge in [0.05, 0.1) is 5.69 Å². The minimum absolute atomic E-state index is 0.271. The van der Waals surface area contributed by atoms with Crippen LogP contribution in [0.4, 0.5) is 0 Å². The second-order valence-corrected chi connectivity index (χ2v) is 6.05. The van der Waals surface area contributed by atoms with E-state index < -0.39 is 5.91 Å². The Bertz CT molecular complexity index is 833. The molecular formula is C16H12ClN3O2S. The van der Waals surface area contributed by atoms with Crippen molar-refractivity contribution in [2.75, 3.05) is 0 Å². The number of benzene rings is 1. The number of thiazole rings is 1. The molecule has 23 heavy (non-hydrogen) atoms. The molecule has 0 saturated heterocycles. The number of aromatic nitrogens is 2. The van der Waals surface area contributed by atoms with Gasteiger partial charge in [-0.05, 0) is 18.2 Å². The van der Waals surface area contributed by atoms with Crippen molar-refractivity contribution in [3.05, 3.63) is 63.6 Å². The summed E-state index contributed by atoms with van der Waals surface area (Å²) in [5, 5.41) is 3.45. The van der Waals surface area contributed by atoms with Gasteiger partial charge in [-0.15, -0.1) is 11.3 Å². The van der Waals surface area contributed by atoms with Gasteiger partial charge >= 0.3 is 0 Å². The van der Waals surface area contributed by atoms with Gasteiger partial charge < -0.3 is 10.5 Å². The molecule has 2 heterocycles. The van der Waals surface area contributed by atoms with Gasteiger partial charge in [-0.3, -0.25) is 4.79 Å². The lowest BCUT2D eigenvalue weighted by Crippen LogP contribution is -2.11. The Morgan fingerprint density at radius 3 is 2.78 bits per heavy atom. The number of hydrogen-bond acceptors (Lipinski definition) is 5. The number of halogens is 1.